The Balaban J connectivity index is 1.67. The van der Waals surface area contributed by atoms with Crippen molar-refractivity contribution < 1.29 is 4.39 Å². The fraction of sp³-hybridized carbons (Fsp3) is 0.185. The van der Waals surface area contributed by atoms with E-state index in [0.717, 1.165) is 21.6 Å². The zero-order valence-corrected chi connectivity index (χ0v) is 21.9. The summed E-state index contributed by atoms with van der Waals surface area (Å²) in [5, 5.41) is 17.9. The van der Waals surface area contributed by atoms with Crippen LogP contribution in [0.5, 0.6) is 0 Å². The first-order chi connectivity index (χ1) is 18.6. The molecule has 0 atom stereocenters. The number of nitriles is 1. The van der Waals surface area contributed by atoms with E-state index in [-0.39, 0.29) is 29.8 Å². The zero-order valence-electron chi connectivity index (χ0n) is 21.2. The summed E-state index contributed by atoms with van der Waals surface area (Å²) in [4.78, 5) is 35.1. The van der Waals surface area contributed by atoms with Gasteiger partial charge in [0.15, 0.2) is 0 Å². The molecule has 0 bridgehead atoms. The van der Waals surface area contributed by atoms with Crippen molar-refractivity contribution in [2.45, 2.75) is 33.4 Å². The van der Waals surface area contributed by atoms with Gasteiger partial charge in [0, 0.05) is 23.8 Å². The fourth-order valence-electron chi connectivity index (χ4n) is 4.10. The minimum atomic E-state index is -0.826. The molecular weight excluding hydrogens is 523 g/mol. The molecule has 0 saturated heterocycles. The molecule has 3 aromatic heterocycles. The zero-order chi connectivity index (χ0) is 27.8. The van der Waals surface area contributed by atoms with Crippen LogP contribution in [-0.4, -0.2) is 28.9 Å². The molecule has 0 unspecified atom stereocenters. The first-order valence-electron chi connectivity index (χ1n) is 11.9. The number of fused-ring (bicyclic) bond motifs is 1. The Morgan fingerprint density at radius 2 is 1.95 bits per heavy atom. The van der Waals surface area contributed by atoms with Crippen LogP contribution in [0.3, 0.4) is 0 Å². The van der Waals surface area contributed by atoms with Gasteiger partial charge in [0.25, 0.3) is 0 Å². The molecule has 0 spiro atoms. The van der Waals surface area contributed by atoms with E-state index in [2.05, 4.69) is 20.4 Å². The van der Waals surface area contributed by atoms with Gasteiger partial charge < -0.3 is 5.32 Å². The number of nitrogens with one attached hydrogen (secondary N) is 1. The Labute approximate surface area is 226 Å². The lowest BCUT2D eigenvalue weighted by molar-refractivity contribution is 0.537. The van der Waals surface area contributed by atoms with Crippen LogP contribution in [0.25, 0.3) is 16.6 Å². The number of pyridine rings is 1. The van der Waals surface area contributed by atoms with Crippen molar-refractivity contribution in [2.24, 2.45) is 0 Å². The van der Waals surface area contributed by atoms with Crippen LogP contribution in [0.1, 0.15) is 36.6 Å². The normalized spacial score (nSPS) is 11.2. The predicted octanol–water partition coefficient (Wildman–Crippen LogP) is 4.48. The smallest absolute Gasteiger partial charge is 0.324 e. The summed E-state index contributed by atoms with van der Waals surface area (Å²) in [5.41, 5.74) is 0.816. The average Bonchev–Trinajstić information content (AvgIpc) is 3.30. The molecule has 10 nitrogen and oxygen atoms in total. The van der Waals surface area contributed by atoms with Gasteiger partial charge in [-0.2, -0.15) is 15.3 Å². The quantitative estimate of drug-likeness (QED) is 0.334. The molecule has 39 heavy (non-hydrogen) atoms. The summed E-state index contributed by atoms with van der Waals surface area (Å²) in [7, 11) is 0. The topological polar surface area (TPSA) is 123 Å². The highest BCUT2D eigenvalue weighted by Gasteiger charge is 2.18. The molecule has 0 aliphatic carbocycles. The van der Waals surface area contributed by atoms with E-state index in [1.54, 1.807) is 42.1 Å². The summed E-state index contributed by atoms with van der Waals surface area (Å²) in [6, 6.07) is 10.9. The number of anilines is 2. The van der Waals surface area contributed by atoms with Gasteiger partial charge in [-0.3, -0.25) is 14.2 Å². The molecule has 1 N–H and O–H groups in total. The number of nitrogens with zero attached hydrogens (tertiary/aromatic N) is 7. The van der Waals surface area contributed by atoms with E-state index in [0.29, 0.717) is 21.8 Å². The van der Waals surface area contributed by atoms with Gasteiger partial charge in [-0.1, -0.05) is 17.7 Å². The SMILES string of the molecule is Cc1cncc(-n2c(=O)nc(Nc3cc4cn(C(C)C)nc4cc3Cl)n(Cc3ccc(F)c(C#N)c3)c2=O)c1. The van der Waals surface area contributed by atoms with Crippen LogP contribution in [0.2, 0.25) is 5.02 Å². The summed E-state index contributed by atoms with van der Waals surface area (Å²) in [6.07, 6.45) is 4.85. The van der Waals surface area contributed by atoms with E-state index in [9.17, 15) is 19.2 Å². The number of benzene rings is 2. The first-order valence-corrected chi connectivity index (χ1v) is 12.3. The van der Waals surface area contributed by atoms with Gasteiger partial charge in [0.05, 0.1) is 40.2 Å². The van der Waals surface area contributed by atoms with Crippen LogP contribution in [0.4, 0.5) is 16.0 Å². The molecule has 0 fully saturated rings. The van der Waals surface area contributed by atoms with Gasteiger partial charge in [0.2, 0.25) is 5.95 Å². The van der Waals surface area contributed by atoms with Crippen molar-refractivity contribution in [3.05, 3.63) is 103 Å². The molecule has 12 heteroatoms. The number of aromatic nitrogens is 6. The van der Waals surface area contributed by atoms with E-state index < -0.39 is 17.2 Å². The Kier molecular flexibility index (Phi) is 6.72. The summed E-state index contributed by atoms with van der Waals surface area (Å²) < 4.78 is 17.9. The fourth-order valence-corrected chi connectivity index (χ4v) is 4.30. The Hall–Kier alpha value is -4.82. The minimum Gasteiger partial charge on any atom is -0.324 e. The van der Waals surface area contributed by atoms with Crippen molar-refractivity contribution in [1.82, 2.24) is 28.9 Å². The second-order valence-corrected chi connectivity index (χ2v) is 9.69. The number of hydrogen-bond donors (Lipinski definition) is 1. The molecule has 2 aromatic carbocycles. The maximum Gasteiger partial charge on any atom is 0.359 e. The standard InChI is InChI=1S/C27H22ClFN8O2/c1-15(2)36-14-19-8-24(21(28)9-23(19)34-36)32-25-33-26(38)37(20-6-16(3)11-31-12-20)27(39)35(25)13-17-4-5-22(29)18(7-17)10-30/h4-9,11-12,14-15H,13H2,1-3H3,(H,32,33,38). The lowest BCUT2D eigenvalue weighted by Crippen LogP contribution is -2.41. The second kappa shape index (κ2) is 10.2. The van der Waals surface area contributed by atoms with Crippen molar-refractivity contribution in [3.8, 4) is 11.8 Å². The van der Waals surface area contributed by atoms with Gasteiger partial charge in [-0.05, 0) is 62.2 Å². The molecule has 5 aromatic rings. The van der Waals surface area contributed by atoms with Crippen molar-refractivity contribution >= 4 is 34.1 Å². The van der Waals surface area contributed by atoms with Crippen LogP contribution in [0, 0.1) is 24.1 Å². The average molecular weight is 545 g/mol. The van der Waals surface area contributed by atoms with E-state index in [1.165, 1.54) is 22.9 Å². The molecule has 5 rings (SSSR count). The van der Waals surface area contributed by atoms with E-state index in [1.807, 2.05) is 20.0 Å². The van der Waals surface area contributed by atoms with Crippen LogP contribution in [0.15, 0.2) is 64.6 Å². The minimum absolute atomic E-state index is 0.0813. The summed E-state index contributed by atoms with van der Waals surface area (Å²) in [5.74, 6) is -0.759. The summed E-state index contributed by atoms with van der Waals surface area (Å²) >= 11 is 6.54. The van der Waals surface area contributed by atoms with Crippen molar-refractivity contribution in [3.63, 3.8) is 0 Å². The third kappa shape index (κ3) is 5.02. The van der Waals surface area contributed by atoms with Crippen molar-refractivity contribution in [2.75, 3.05) is 5.32 Å². The van der Waals surface area contributed by atoms with Gasteiger partial charge in [0.1, 0.15) is 11.9 Å². The molecule has 0 aliphatic heterocycles. The van der Waals surface area contributed by atoms with Gasteiger partial charge >= 0.3 is 11.4 Å². The number of rotatable bonds is 6. The highest BCUT2D eigenvalue weighted by molar-refractivity contribution is 6.34. The van der Waals surface area contributed by atoms with Gasteiger partial charge in [-0.25, -0.2) is 18.5 Å². The molecule has 0 aliphatic rings. The lowest BCUT2D eigenvalue weighted by Gasteiger charge is -2.16. The van der Waals surface area contributed by atoms with Crippen LogP contribution < -0.4 is 16.7 Å². The Bertz CT molecular complexity index is 1900. The molecule has 196 valence electrons. The maximum absolute atomic E-state index is 14.0. The largest absolute Gasteiger partial charge is 0.359 e. The highest BCUT2D eigenvalue weighted by atomic mass is 35.5. The maximum atomic E-state index is 14.0. The number of hydrogen-bond acceptors (Lipinski definition) is 7. The second-order valence-electron chi connectivity index (χ2n) is 9.29. The van der Waals surface area contributed by atoms with E-state index in [4.69, 9.17) is 11.6 Å². The first kappa shape index (κ1) is 25.8. The number of halogens is 2. The predicted molar refractivity (Wildman–Crippen MR) is 145 cm³/mol. The molecule has 0 amide bonds. The molecule has 0 radical (unpaired) electrons. The third-order valence-electron chi connectivity index (χ3n) is 6.07. The third-order valence-corrected chi connectivity index (χ3v) is 6.38. The summed E-state index contributed by atoms with van der Waals surface area (Å²) in [6.45, 7) is 5.67. The Morgan fingerprint density at radius 1 is 1.15 bits per heavy atom. The van der Waals surface area contributed by atoms with Crippen LogP contribution >= 0.6 is 11.6 Å². The number of aryl methyl sites for hydroxylation is 1. The molecule has 0 saturated carbocycles. The van der Waals surface area contributed by atoms with Crippen molar-refractivity contribution in [1.29, 1.82) is 5.26 Å². The molecular formula is C27H22ClFN8O2. The van der Waals surface area contributed by atoms with Gasteiger partial charge in [-0.15, -0.1) is 0 Å². The Morgan fingerprint density at radius 3 is 2.67 bits per heavy atom. The highest BCUT2D eigenvalue weighted by Crippen LogP contribution is 2.30. The monoisotopic (exact) mass is 544 g/mol. The lowest BCUT2D eigenvalue weighted by atomic mass is 10.1. The molecule has 3 heterocycles. The van der Waals surface area contributed by atoms with Crippen LogP contribution in [-0.2, 0) is 6.54 Å². The van der Waals surface area contributed by atoms with E-state index >= 15 is 0 Å².